The molecule has 4 atom stereocenters. The molecule has 2 rings (SSSR count). The average molecular weight is 1300 g/mol. The second-order valence-electron chi connectivity index (χ2n) is 13.2. The van der Waals surface area contributed by atoms with Crippen molar-refractivity contribution in [2.75, 3.05) is 0 Å². The summed E-state index contributed by atoms with van der Waals surface area (Å²) in [6.45, 7) is 0.144. The van der Waals surface area contributed by atoms with Gasteiger partial charge in [0.2, 0.25) is 0 Å². The van der Waals surface area contributed by atoms with Crippen molar-refractivity contribution in [1.29, 1.82) is 0 Å². The van der Waals surface area contributed by atoms with Crippen LogP contribution in [0.15, 0.2) is 0 Å². The van der Waals surface area contributed by atoms with Gasteiger partial charge in [-0.25, -0.2) is 0 Å². The molecule has 0 aromatic heterocycles. The van der Waals surface area contributed by atoms with Gasteiger partial charge in [-0.05, 0) is 6.55 Å². The Balaban J connectivity index is 3.76. The van der Waals surface area contributed by atoms with Crippen LogP contribution in [0.2, 0.25) is 30.1 Å². The molecular formula is C5H42O45Si17. The Hall–Kier alpha value is 1.89. The minimum atomic E-state index is -7.43. The Morgan fingerprint density at radius 2 is 0.493 bits per heavy atom. The van der Waals surface area contributed by atoms with Crippen molar-refractivity contribution in [3.8, 4) is 0 Å². The molecule has 62 heteroatoms. The first-order valence-corrected chi connectivity index (χ1v) is 47.9. The second-order valence-corrected chi connectivity index (χ2v) is 52.0. The number of rotatable bonds is 20. The maximum atomic E-state index is 10.4. The van der Waals surface area contributed by atoms with Crippen molar-refractivity contribution in [2.24, 2.45) is 0 Å². The van der Waals surface area contributed by atoms with Gasteiger partial charge in [0.1, 0.15) is 0 Å². The zero-order valence-corrected chi connectivity index (χ0v) is 49.2. The molecule has 67 heavy (non-hydrogen) atoms. The van der Waals surface area contributed by atoms with E-state index in [9.17, 15) is 144 Å². The highest BCUT2D eigenvalue weighted by Gasteiger charge is 2.81. The van der Waals surface area contributed by atoms with Crippen molar-refractivity contribution >= 4 is 152 Å². The van der Waals surface area contributed by atoms with E-state index in [1.54, 1.807) is 0 Å². The molecule has 0 aromatic rings. The van der Waals surface area contributed by atoms with Gasteiger partial charge in [0.25, 0.3) is 0 Å². The van der Waals surface area contributed by atoms with Crippen LogP contribution in [-0.4, -0.2) is 296 Å². The summed E-state index contributed by atoms with van der Waals surface area (Å²) in [6, 6.07) is 0. The molecule has 30 N–H and O–H groups in total. The second kappa shape index (κ2) is 20.4. The van der Waals surface area contributed by atoms with E-state index in [-0.39, 0.29) is 13.1 Å². The Labute approximate surface area is 386 Å². The first-order chi connectivity index (χ1) is 28.7. The Morgan fingerprint density at radius 3 is 0.746 bits per heavy atom. The van der Waals surface area contributed by atoms with E-state index in [1.807, 2.05) is 0 Å². The predicted molar refractivity (Wildman–Crippen MR) is 207 cm³/mol. The Bertz CT molecular complexity index is 1480. The predicted octanol–water partition coefficient (Wildman–Crippen LogP) is -21.7. The number of hydrogen-bond acceptors (Lipinski definition) is 45. The fraction of sp³-hybridized carbons (Fsp3) is 1.00. The molecule has 2 fully saturated rings. The lowest BCUT2D eigenvalue weighted by Crippen LogP contribution is -2.82. The smallest absolute Gasteiger partial charge is 0.394 e. The quantitative estimate of drug-likeness (QED) is 0.0503. The summed E-state index contributed by atoms with van der Waals surface area (Å²) in [4.78, 5) is 306. The normalized spacial score (nSPS) is 29.0. The first kappa shape index (κ1) is 65.0. The van der Waals surface area contributed by atoms with E-state index >= 15 is 0 Å². The largest absolute Gasteiger partial charge is 0.663 e. The van der Waals surface area contributed by atoms with Crippen LogP contribution in [0.4, 0.5) is 0 Å². The third-order valence-electron chi connectivity index (χ3n) is 6.09. The fourth-order valence-electron chi connectivity index (χ4n) is 5.51. The summed E-state index contributed by atoms with van der Waals surface area (Å²) < 4.78 is 72.9. The van der Waals surface area contributed by atoms with Gasteiger partial charge in [-0.3, -0.25) is 0 Å². The summed E-state index contributed by atoms with van der Waals surface area (Å²) in [5.74, 6) is 0. The standard InChI is InChI=1S/C5H42O45Si17/c1-51(37-58(6,7)8)3-53(43-60(12,13)14,44-61(15,16)17)38-52(2,40-59(9,10)11)39-55(46-63(21,22)23)4-54(36-51,45-62(18,19)20)41-56(47-64(24,25)26,48-65(27,28)29)5-57(42-55,49-66(30,31)32)50-67(33,34)35/h6-35H,3-5H2,1-2H3. The maximum Gasteiger partial charge on any atom is 0.663 e. The minimum absolute atomic E-state index is 0.000741. The highest BCUT2D eigenvalue weighted by molar-refractivity contribution is 7.04. The molecule has 0 aliphatic carbocycles. The molecule has 0 radical (unpaired) electrons. The van der Waals surface area contributed by atoms with Crippen molar-refractivity contribution in [3.05, 3.63) is 0 Å². The van der Waals surface area contributed by atoms with Gasteiger partial charge in [0.15, 0.2) is 0 Å². The van der Waals surface area contributed by atoms with Gasteiger partial charge in [-0.15, -0.1) is 0 Å². The lowest BCUT2D eigenvalue weighted by atomic mass is 11.8. The fourth-order valence-corrected chi connectivity index (χ4v) is 67.7. The summed E-state index contributed by atoms with van der Waals surface area (Å²) >= 11 is 0. The Morgan fingerprint density at radius 1 is 0.254 bits per heavy atom. The molecule has 2 aliphatic rings. The third kappa shape index (κ3) is 24.4. The van der Waals surface area contributed by atoms with E-state index in [2.05, 4.69) is 28.8 Å². The number of hydrogen-bond donors (Lipinski definition) is 30. The number of fused-ring (bicyclic) bond motifs is 2. The third-order valence-corrected chi connectivity index (χ3v) is 54.8. The topological polar surface area (TPSA) is 745 Å². The molecule has 45 nitrogen and oxygen atoms in total. The van der Waals surface area contributed by atoms with Crippen LogP contribution in [0.1, 0.15) is 0 Å². The highest BCUT2D eigenvalue weighted by Crippen LogP contribution is 2.47. The lowest BCUT2D eigenvalue weighted by Gasteiger charge is -2.53. The average Bonchev–Trinajstić information content (AvgIpc) is 2.78. The van der Waals surface area contributed by atoms with Crippen LogP contribution in [0.25, 0.3) is 0 Å². The zero-order chi connectivity index (χ0) is 53.2. The zero-order valence-electron chi connectivity index (χ0n) is 32.2. The van der Waals surface area contributed by atoms with Gasteiger partial charge in [0.05, 0.1) is 17.0 Å². The van der Waals surface area contributed by atoms with E-state index in [4.69, 9.17) is 32.9 Å². The Kier molecular flexibility index (Phi) is 19.8. The summed E-state index contributed by atoms with van der Waals surface area (Å²) in [7, 11) is -118. The van der Waals surface area contributed by atoms with Gasteiger partial charge in [-0.1, -0.05) is 0 Å². The van der Waals surface area contributed by atoms with E-state index in [1.165, 1.54) is 0 Å². The van der Waals surface area contributed by atoms with Crippen molar-refractivity contribution in [1.82, 2.24) is 0 Å². The van der Waals surface area contributed by atoms with Crippen LogP contribution in [0, 0.1) is 0 Å². The van der Waals surface area contributed by atoms with Crippen LogP contribution in [0.5, 0.6) is 0 Å². The van der Waals surface area contributed by atoms with Gasteiger partial charge < -0.3 is 206 Å². The summed E-state index contributed by atoms with van der Waals surface area (Å²) in [6.07, 6.45) is 0. The molecule has 0 amide bonds. The van der Waals surface area contributed by atoms with E-state index in [0.717, 1.165) is 0 Å². The molecule has 2 heterocycles. The molecule has 400 valence electrons. The minimum Gasteiger partial charge on any atom is -0.394 e. The van der Waals surface area contributed by atoms with Gasteiger partial charge in [-0.2, -0.15) is 0 Å². The molecule has 2 saturated heterocycles. The molecular weight excluding hydrogens is 1260 g/mol. The highest BCUT2D eigenvalue weighted by atomic mass is 28.6. The van der Waals surface area contributed by atoms with Crippen LogP contribution < -0.4 is 0 Å². The van der Waals surface area contributed by atoms with Crippen molar-refractivity contribution < 1.29 is 206 Å². The van der Waals surface area contributed by atoms with Crippen LogP contribution in [0.3, 0.4) is 0 Å². The molecule has 2 aliphatic heterocycles. The SMILES string of the molecule is C[Si]1(O[Si](O)(O)O)C[Si](O[Si](O)(O)O)(O[Si](O)(O)O)O[Si](C)(O[Si](O)(O)O)O[Si]2(O[Si](O)(O)O)C[Si](O[Si](O)(O)O)(O1)O[Si](O[Si](O)(O)O)(O[Si](O)(O)O)C[Si](O[Si](O)(O)O)(O[Si](O)(O)O)O2. The molecule has 0 saturated carbocycles. The van der Waals surface area contributed by atoms with Crippen molar-refractivity contribution in [3.63, 3.8) is 0 Å². The summed E-state index contributed by atoms with van der Waals surface area (Å²) in [5.41, 5.74) is -7.76. The molecule has 0 aromatic carbocycles. The lowest BCUT2D eigenvalue weighted by molar-refractivity contribution is 0.0152. The maximum absolute atomic E-state index is 10.4. The molecule has 2 bridgehead atoms. The monoisotopic (exact) mass is 1300 g/mol. The van der Waals surface area contributed by atoms with Crippen molar-refractivity contribution in [2.45, 2.75) is 30.1 Å². The van der Waals surface area contributed by atoms with Crippen LogP contribution >= 0.6 is 0 Å². The molecule has 0 spiro atoms. The first-order valence-electron chi connectivity index (χ1n) is 16.0. The van der Waals surface area contributed by atoms with Gasteiger partial charge >= 0.3 is 152 Å². The molecule has 4 unspecified atom stereocenters. The summed E-state index contributed by atoms with van der Waals surface area (Å²) in [5, 5.41) is 0. The van der Waals surface area contributed by atoms with Gasteiger partial charge in [0, 0.05) is 6.55 Å². The van der Waals surface area contributed by atoms with Crippen LogP contribution in [-0.2, 0) is 61.7 Å². The van der Waals surface area contributed by atoms with E-state index in [0.29, 0.717) is 0 Å². The van der Waals surface area contributed by atoms with E-state index < -0.39 is 169 Å².